The van der Waals surface area contributed by atoms with Gasteiger partial charge in [-0.2, -0.15) is 5.26 Å². The number of urea groups is 1. The molecule has 0 bridgehead atoms. The number of nitrogens with zero attached hydrogens (tertiary/aromatic N) is 2. The summed E-state index contributed by atoms with van der Waals surface area (Å²) >= 11 is 0. The summed E-state index contributed by atoms with van der Waals surface area (Å²) in [6.45, 7) is 0.736. The lowest BCUT2D eigenvalue weighted by Gasteiger charge is -2.10. The Balaban J connectivity index is 1.50. The summed E-state index contributed by atoms with van der Waals surface area (Å²) in [5.41, 5.74) is 3.37. The Labute approximate surface area is 163 Å². The average molecular weight is 372 g/mol. The van der Waals surface area contributed by atoms with Crippen molar-refractivity contribution < 1.29 is 9.53 Å². The Morgan fingerprint density at radius 3 is 2.64 bits per heavy atom. The molecule has 0 aliphatic rings. The van der Waals surface area contributed by atoms with Crippen molar-refractivity contribution in [2.45, 2.75) is 19.6 Å². The van der Waals surface area contributed by atoms with Gasteiger partial charge in [0.15, 0.2) is 0 Å². The molecule has 0 unspecified atom stereocenters. The molecule has 0 aliphatic carbocycles. The lowest BCUT2D eigenvalue weighted by Crippen LogP contribution is -2.28. The van der Waals surface area contributed by atoms with Crippen molar-refractivity contribution in [3.8, 4) is 11.8 Å². The maximum atomic E-state index is 12.1. The van der Waals surface area contributed by atoms with Crippen molar-refractivity contribution in [3.63, 3.8) is 0 Å². The molecular formula is C22H20N4O2. The summed E-state index contributed by atoms with van der Waals surface area (Å²) in [5, 5.41) is 14.3. The van der Waals surface area contributed by atoms with Crippen LogP contribution in [0, 0.1) is 11.3 Å². The molecule has 3 rings (SSSR count). The van der Waals surface area contributed by atoms with Crippen molar-refractivity contribution in [1.82, 2.24) is 10.3 Å². The highest BCUT2D eigenvalue weighted by Crippen LogP contribution is 2.16. The van der Waals surface area contributed by atoms with E-state index in [-0.39, 0.29) is 6.03 Å². The second kappa shape index (κ2) is 9.74. The van der Waals surface area contributed by atoms with Gasteiger partial charge in [-0.1, -0.05) is 30.3 Å². The smallest absolute Gasteiger partial charge is 0.319 e. The van der Waals surface area contributed by atoms with E-state index in [1.54, 1.807) is 6.20 Å². The van der Waals surface area contributed by atoms with Gasteiger partial charge in [0.05, 0.1) is 24.7 Å². The lowest BCUT2D eigenvalue weighted by molar-refractivity contribution is 0.251. The van der Waals surface area contributed by atoms with E-state index in [1.807, 2.05) is 66.7 Å². The van der Waals surface area contributed by atoms with Crippen molar-refractivity contribution in [2.24, 2.45) is 0 Å². The summed E-state index contributed by atoms with van der Waals surface area (Å²) in [5.74, 6) is 0.730. The standard InChI is InChI=1S/C22H20N4O2/c23-12-11-17-7-9-21(10-8-17)28-16-18-4-3-6-19(14-18)26-22(27)25-15-20-5-1-2-13-24-20/h1-10,13-14H,11,15-16H2,(H2,25,26,27). The Morgan fingerprint density at radius 1 is 1.04 bits per heavy atom. The molecule has 140 valence electrons. The van der Waals surface area contributed by atoms with Crippen molar-refractivity contribution in [2.75, 3.05) is 5.32 Å². The van der Waals surface area contributed by atoms with Gasteiger partial charge in [0, 0.05) is 11.9 Å². The largest absolute Gasteiger partial charge is 0.489 e. The maximum Gasteiger partial charge on any atom is 0.319 e. The first-order chi connectivity index (χ1) is 13.7. The number of carbonyl (C=O) groups excluding carboxylic acids is 1. The van der Waals surface area contributed by atoms with E-state index in [0.717, 1.165) is 22.6 Å². The minimum atomic E-state index is -0.295. The van der Waals surface area contributed by atoms with E-state index in [9.17, 15) is 4.79 Å². The van der Waals surface area contributed by atoms with Gasteiger partial charge < -0.3 is 15.4 Å². The van der Waals surface area contributed by atoms with Crippen LogP contribution >= 0.6 is 0 Å². The van der Waals surface area contributed by atoms with Crippen LogP contribution < -0.4 is 15.4 Å². The molecule has 0 saturated heterocycles. The van der Waals surface area contributed by atoms with Gasteiger partial charge in [-0.25, -0.2) is 4.79 Å². The number of nitrogens with one attached hydrogen (secondary N) is 2. The maximum absolute atomic E-state index is 12.1. The zero-order valence-corrected chi connectivity index (χ0v) is 15.3. The molecule has 0 radical (unpaired) electrons. The van der Waals surface area contributed by atoms with E-state index in [2.05, 4.69) is 21.7 Å². The minimum absolute atomic E-state index is 0.295. The Hall–Kier alpha value is -3.85. The second-order valence-corrected chi connectivity index (χ2v) is 6.10. The summed E-state index contributed by atoms with van der Waals surface area (Å²) in [4.78, 5) is 16.2. The van der Waals surface area contributed by atoms with E-state index in [1.165, 1.54) is 0 Å². The van der Waals surface area contributed by atoms with Crippen LogP contribution in [0.25, 0.3) is 0 Å². The number of nitriles is 1. The fourth-order valence-electron chi connectivity index (χ4n) is 2.55. The predicted octanol–water partition coefficient (Wildman–Crippen LogP) is 4.05. The fourth-order valence-corrected chi connectivity index (χ4v) is 2.55. The molecule has 2 aromatic carbocycles. The normalized spacial score (nSPS) is 9.96. The number of pyridine rings is 1. The molecule has 0 saturated carbocycles. The third kappa shape index (κ3) is 5.85. The third-order valence-electron chi connectivity index (χ3n) is 3.95. The van der Waals surface area contributed by atoms with E-state index >= 15 is 0 Å². The summed E-state index contributed by atoms with van der Waals surface area (Å²) < 4.78 is 5.77. The summed E-state index contributed by atoms with van der Waals surface area (Å²) in [7, 11) is 0. The highest BCUT2D eigenvalue weighted by atomic mass is 16.5. The zero-order chi connectivity index (χ0) is 19.6. The molecule has 1 heterocycles. The van der Waals surface area contributed by atoms with Gasteiger partial charge in [-0.15, -0.1) is 0 Å². The number of hydrogen-bond donors (Lipinski definition) is 2. The molecule has 2 amide bonds. The summed E-state index contributed by atoms with van der Waals surface area (Å²) in [6.07, 6.45) is 2.08. The average Bonchev–Trinajstić information content (AvgIpc) is 2.73. The fraction of sp³-hybridized carbons (Fsp3) is 0.136. The van der Waals surface area contributed by atoms with E-state index < -0.39 is 0 Å². The minimum Gasteiger partial charge on any atom is -0.489 e. The van der Waals surface area contributed by atoms with Crippen LogP contribution in [-0.2, 0) is 19.6 Å². The Kier molecular flexibility index (Phi) is 6.58. The number of anilines is 1. The van der Waals surface area contributed by atoms with Crippen molar-refractivity contribution >= 4 is 11.7 Å². The lowest BCUT2D eigenvalue weighted by atomic mass is 10.1. The molecule has 0 aliphatic heterocycles. The van der Waals surface area contributed by atoms with Gasteiger partial charge in [-0.3, -0.25) is 4.98 Å². The monoisotopic (exact) mass is 372 g/mol. The SMILES string of the molecule is N#CCc1ccc(OCc2cccc(NC(=O)NCc3ccccn3)c2)cc1. The summed E-state index contributed by atoms with van der Waals surface area (Å²) in [6, 6.07) is 22.3. The molecular weight excluding hydrogens is 352 g/mol. The molecule has 6 heteroatoms. The molecule has 0 fully saturated rings. The first-order valence-electron chi connectivity index (χ1n) is 8.85. The highest BCUT2D eigenvalue weighted by molar-refractivity contribution is 5.89. The first-order valence-corrected chi connectivity index (χ1v) is 8.85. The number of rotatable bonds is 7. The number of benzene rings is 2. The van der Waals surface area contributed by atoms with Crippen LogP contribution in [0.1, 0.15) is 16.8 Å². The second-order valence-electron chi connectivity index (χ2n) is 6.10. The van der Waals surface area contributed by atoms with Crippen LogP contribution in [-0.4, -0.2) is 11.0 Å². The molecule has 0 atom stereocenters. The Morgan fingerprint density at radius 2 is 1.89 bits per heavy atom. The van der Waals surface area contributed by atoms with Gasteiger partial charge in [0.25, 0.3) is 0 Å². The van der Waals surface area contributed by atoms with Crippen LogP contribution in [0.5, 0.6) is 5.75 Å². The highest BCUT2D eigenvalue weighted by Gasteiger charge is 2.04. The number of carbonyl (C=O) groups is 1. The number of ether oxygens (including phenoxy) is 1. The van der Waals surface area contributed by atoms with Crippen molar-refractivity contribution in [1.29, 1.82) is 5.26 Å². The van der Waals surface area contributed by atoms with E-state index in [4.69, 9.17) is 10.00 Å². The first kappa shape index (κ1) is 18.9. The van der Waals surface area contributed by atoms with Crippen LogP contribution in [0.2, 0.25) is 0 Å². The van der Waals surface area contributed by atoms with Crippen LogP contribution in [0.15, 0.2) is 72.9 Å². The third-order valence-corrected chi connectivity index (χ3v) is 3.95. The quantitative estimate of drug-likeness (QED) is 0.655. The molecule has 1 aromatic heterocycles. The van der Waals surface area contributed by atoms with Crippen LogP contribution in [0.4, 0.5) is 10.5 Å². The topological polar surface area (TPSA) is 87.0 Å². The molecule has 3 aromatic rings. The van der Waals surface area contributed by atoms with Crippen LogP contribution in [0.3, 0.4) is 0 Å². The molecule has 28 heavy (non-hydrogen) atoms. The molecule has 2 N–H and O–H groups in total. The predicted molar refractivity (Wildman–Crippen MR) is 107 cm³/mol. The number of hydrogen-bond acceptors (Lipinski definition) is 4. The molecule has 0 spiro atoms. The van der Waals surface area contributed by atoms with Crippen molar-refractivity contribution in [3.05, 3.63) is 89.7 Å². The van der Waals surface area contributed by atoms with Gasteiger partial charge in [0.2, 0.25) is 0 Å². The van der Waals surface area contributed by atoms with E-state index in [0.29, 0.717) is 25.3 Å². The van der Waals surface area contributed by atoms with Gasteiger partial charge in [0.1, 0.15) is 12.4 Å². The number of aromatic nitrogens is 1. The Bertz CT molecular complexity index is 950. The van der Waals surface area contributed by atoms with Gasteiger partial charge in [-0.05, 0) is 47.5 Å². The number of amides is 2. The van der Waals surface area contributed by atoms with Gasteiger partial charge >= 0.3 is 6.03 Å². The zero-order valence-electron chi connectivity index (χ0n) is 15.3. The molecule has 6 nitrogen and oxygen atoms in total.